The van der Waals surface area contributed by atoms with Crippen molar-refractivity contribution in [1.82, 2.24) is 0 Å². The average molecular weight is 418 g/mol. The van der Waals surface area contributed by atoms with Crippen molar-refractivity contribution in [3.05, 3.63) is 54.1 Å². The summed E-state index contributed by atoms with van der Waals surface area (Å²) in [5, 5.41) is 3.24. The molecule has 0 unspecified atom stereocenters. The quantitative estimate of drug-likeness (QED) is 0.771. The van der Waals surface area contributed by atoms with Crippen LogP contribution in [-0.2, 0) is 21.2 Å². The second-order valence-corrected chi connectivity index (χ2v) is 8.83. The Morgan fingerprint density at radius 1 is 1.11 bits per heavy atom. The zero-order valence-electron chi connectivity index (χ0n) is 15.9. The van der Waals surface area contributed by atoms with Gasteiger partial charge in [0.1, 0.15) is 4.90 Å². The van der Waals surface area contributed by atoms with Crippen molar-refractivity contribution in [2.24, 2.45) is 4.40 Å². The van der Waals surface area contributed by atoms with Gasteiger partial charge in [-0.1, -0.05) is 55.9 Å². The number of thioether (sulfide) groups is 1. The number of nitrogens with zero attached hydrogens (tertiary/aromatic N) is 2. The Labute approximate surface area is 170 Å². The number of amidine groups is 1. The maximum Gasteiger partial charge on any atom is 0.286 e. The number of amides is 1. The molecular weight excluding hydrogens is 394 g/mol. The average Bonchev–Trinajstić information content (AvgIpc) is 2.69. The van der Waals surface area contributed by atoms with Gasteiger partial charge in [-0.2, -0.15) is 8.42 Å². The van der Waals surface area contributed by atoms with Crippen LogP contribution in [-0.4, -0.2) is 31.8 Å². The molecule has 2 aromatic rings. The summed E-state index contributed by atoms with van der Waals surface area (Å²) in [4.78, 5) is 14.5. The molecule has 1 heterocycles. The first-order valence-electron chi connectivity index (χ1n) is 9.18. The van der Waals surface area contributed by atoms with Crippen molar-refractivity contribution < 1.29 is 13.2 Å². The Kier molecular flexibility index (Phi) is 6.41. The van der Waals surface area contributed by atoms with Gasteiger partial charge < -0.3 is 10.2 Å². The maximum absolute atomic E-state index is 12.5. The standard InChI is InChI=1S/C20H23N3O3S2/c1-3-13-23-17-11-7-8-12-18(17)28(25,26)22-20(23)27-14-19(24)21-16-10-6-5-9-15(16)4-2/h5-12H,3-4,13-14H2,1-2H3,(H,21,24). The lowest BCUT2D eigenvalue weighted by Gasteiger charge is -2.29. The van der Waals surface area contributed by atoms with E-state index in [1.807, 2.05) is 43.0 Å². The highest BCUT2D eigenvalue weighted by Crippen LogP contribution is 2.34. The molecule has 0 aliphatic carbocycles. The van der Waals surface area contributed by atoms with Crippen LogP contribution in [0, 0.1) is 0 Å². The van der Waals surface area contributed by atoms with Gasteiger partial charge in [-0.25, -0.2) is 0 Å². The van der Waals surface area contributed by atoms with Crippen LogP contribution < -0.4 is 10.2 Å². The minimum Gasteiger partial charge on any atom is -0.325 e. The van der Waals surface area contributed by atoms with Gasteiger partial charge in [0.05, 0.1) is 11.4 Å². The van der Waals surface area contributed by atoms with E-state index in [-0.39, 0.29) is 16.6 Å². The number of hydrogen-bond acceptors (Lipinski definition) is 5. The molecule has 2 aromatic carbocycles. The van der Waals surface area contributed by atoms with Crippen LogP contribution in [0.3, 0.4) is 0 Å². The monoisotopic (exact) mass is 417 g/mol. The number of rotatable bonds is 6. The summed E-state index contributed by atoms with van der Waals surface area (Å²) in [7, 11) is -3.77. The molecule has 0 bridgehead atoms. The molecule has 8 heteroatoms. The van der Waals surface area contributed by atoms with Crippen LogP contribution in [0.4, 0.5) is 11.4 Å². The number of benzene rings is 2. The van der Waals surface area contributed by atoms with E-state index in [2.05, 4.69) is 9.71 Å². The number of anilines is 2. The molecule has 6 nitrogen and oxygen atoms in total. The fraction of sp³-hybridized carbons (Fsp3) is 0.300. The molecule has 1 aliphatic heterocycles. The molecule has 1 amide bonds. The van der Waals surface area contributed by atoms with Crippen molar-refractivity contribution in [2.75, 3.05) is 22.5 Å². The Bertz CT molecular complexity index is 1000. The van der Waals surface area contributed by atoms with Gasteiger partial charge in [0.2, 0.25) is 5.91 Å². The highest BCUT2D eigenvalue weighted by Gasteiger charge is 2.30. The topological polar surface area (TPSA) is 78.8 Å². The summed E-state index contributed by atoms with van der Waals surface area (Å²) >= 11 is 1.14. The lowest BCUT2D eigenvalue weighted by Crippen LogP contribution is -2.35. The van der Waals surface area contributed by atoms with E-state index in [4.69, 9.17) is 0 Å². The van der Waals surface area contributed by atoms with E-state index in [1.165, 1.54) is 0 Å². The molecule has 1 aliphatic rings. The smallest absolute Gasteiger partial charge is 0.286 e. The second-order valence-electron chi connectivity index (χ2n) is 6.32. The SMILES string of the molecule is CCCN1C(SCC(=O)Nc2ccccc2CC)=NS(=O)(=O)c2ccccc21. The highest BCUT2D eigenvalue weighted by molar-refractivity contribution is 8.15. The van der Waals surface area contributed by atoms with E-state index in [0.29, 0.717) is 17.4 Å². The van der Waals surface area contributed by atoms with E-state index in [9.17, 15) is 13.2 Å². The molecule has 28 heavy (non-hydrogen) atoms. The molecule has 0 radical (unpaired) electrons. The van der Waals surface area contributed by atoms with Crippen molar-refractivity contribution in [2.45, 2.75) is 31.6 Å². The van der Waals surface area contributed by atoms with Crippen LogP contribution >= 0.6 is 11.8 Å². The van der Waals surface area contributed by atoms with Crippen molar-refractivity contribution in [1.29, 1.82) is 0 Å². The van der Waals surface area contributed by atoms with Crippen LogP contribution in [0.2, 0.25) is 0 Å². The first-order chi connectivity index (χ1) is 13.5. The van der Waals surface area contributed by atoms with Gasteiger partial charge in [-0.05, 0) is 36.6 Å². The van der Waals surface area contributed by atoms with E-state index in [0.717, 1.165) is 35.9 Å². The summed E-state index contributed by atoms with van der Waals surface area (Å²) in [6.45, 7) is 4.67. The summed E-state index contributed by atoms with van der Waals surface area (Å²) in [6.07, 6.45) is 1.64. The first kappa shape index (κ1) is 20.4. The highest BCUT2D eigenvalue weighted by atomic mass is 32.2. The second kappa shape index (κ2) is 8.79. The Morgan fingerprint density at radius 3 is 2.57 bits per heavy atom. The number of aryl methyl sites for hydroxylation is 1. The third-order valence-corrected chi connectivity index (χ3v) is 6.72. The molecule has 148 valence electrons. The number of carbonyl (C=O) groups excluding carboxylic acids is 1. The van der Waals surface area contributed by atoms with Crippen molar-refractivity contribution in [3.8, 4) is 0 Å². The Balaban J connectivity index is 1.77. The third kappa shape index (κ3) is 4.39. The summed E-state index contributed by atoms with van der Waals surface area (Å²) in [5.74, 6) is -0.115. The summed E-state index contributed by atoms with van der Waals surface area (Å²) in [5.41, 5.74) is 2.45. The summed E-state index contributed by atoms with van der Waals surface area (Å²) in [6, 6.07) is 14.5. The van der Waals surface area contributed by atoms with Gasteiger partial charge in [-0.15, -0.1) is 4.40 Å². The number of carbonyl (C=O) groups is 1. The zero-order chi connectivity index (χ0) is 20.1. The maximum atomic E-state index is 12.5. The minimum absolute atomic E-state index is 0.0782. The van der Waals surface area contributed by atoms with Gasteiger partial charge in [0.25, 0.3) is 10.0 Å². The largest absolute Gasteiger partial charge is 0.325 e. The van der Waals surface area contributed by atoms with Crippen LogP contribution in [0.5, 0.6) is 0 Å². The molecule has 0 aromatic heterocycles. The van der Waals surface area contributed by atoms with Gasteiger partial charge in [0.15, 0.2) is 5.17 Å². The fourth-order valence-electron chi connectivity index (χ4n) is 3.01. The molecule has 1 N–H and O–H groups in total. The predicted molar refractivity (Wildman–Crippen MR) is 116 cm³/mol. The lowest BCUT2D eigenvalue weighted by molar-refractivity contribution is -0.113. The molecular formula is C20H23N3O3S2. The van der Waals surface area contributed by atoms with Crippen LogP contribution in [0.25, 0.3) is 0 Å². The number of hydrogen-bond donors (Lipinski definition) is 1. The number of fused-ring (bicyclic) bond motifs is 1. The third-order valence-electron chi connectivity index (χ3n) is 4.32. The van der Waals surface area contributed by atoms with Gasteiger partial charge in [-0.3, -0.25) is 4.79 Å². The van der Waals surface area contributed by atoms with E-state index < -0.39 is 10.0 Å². The van der Waals surface area contributed by atoms with Gasteiger partial charge >= 0.3 is 0 Å². The van der Waals surface area contributed by atoms with Crippen molar-refractivity contribution in [3.63, 3.8) is 0 Å². The van der Waals surface area contributed by atoms with E-state index >= 15 is 0 Å². The van der Waals surface area contributed by atoms with Crippen LogP contribution in [0.1, 0.15) is 25.8 Å². The Morgan fingerprint density at radius 2 is 1.82 bits per heavy atom. The zero-order valence-corrected chi connectivity index (χ0v) is 17.5. The summed E-state index contributed by atoms with van der Waals surface area (Å²) < 4.78 is 29.0. The molecule has 0 saturated heterocycles. The van der Waals surface area contributed by atoms with Crippen molar-refractivity contribution >= 4 is 44.2 Å². The molecule has 0 fully saturated rings. The molecule has 0 atom stereocenters. The number of para-hydroxylation sites is 2. The van der Waals surface area contributed by atoms with E-state index in [1.54, 1.807) is 24.3 Å². The molecule has 0 saturated carbocycles. The van der Waals surface area contributed by atoms with Gasteiger partial charge in [0, 0.05) is 12.2 Å². The minimum atomic E-state index is -3.77. The number of sulfonamides is 1. The van der Waals surface area contributed by atoms with Crippen LogP contribution in [0.15, 0.2) is 57.8 Å². The fourth-order valence-corrected chi connectivity index (χ4v) is 5.29. The molecule has 3 rings (SSSR count). The first-order valence-corrected chi connectivity index (χ1v) is 11.6. The normalized spacial score (nSPS) is 14.9. The lowest BCUT2D eigenvalue weighted by atomic mass is 10.1. The number of nitrogens with one attached hydrogen (secondary N) is 1. The Hall–Kier alpha value is -2.32. The predicted octanol–water partition coefficient (Wildman–Crippen LogP) is 3.90. The molecule has 0 spiro atoms.